The number of hydrogen-bond donors (Lipinski definition) is 2. The zero-order valence-electron chi connectivity index (χ0n) is 13.4. The monoisotopic (exact) mass is 322 g/mol. The molecule has 1 aromatic rings. The second-order valence-electron chi connectivity index (χ2n) is 5.87. The number of ether oxygens (including phenoxy) is 1. The van der Waals surface area contributed by atoms with Crippen LogP contribution in [0.1, 0.15) is 44.5 Å². The molecule has 0 saturated heterocycles. The van der Waals surface area contributed by atoms with Crippen LogP contribution >= 0.6 is 12.2 Å². The molecule has 0 spiro atoms. The van der Waals surface area contributed by atoms with Crippen molar-refractivity contribution >= 4 is 34.9 Å². The highest BCUT2D eigenvalue weighted by molar-refractivity contribution is 7.80. The minimum Gasteiger partial charge on any atom is -0.462 e. The first-order valence-corrected chi connectivity index (χ1v) is 7.54. The first-order chi connectivity index (χ1) is 10.2. The summed E-state index contributed by atoms with van der Waals surface area (Å²) in [5.41, 5.74) is 0.647. The minimum absolute atomic E-state index is 0.162. The average molecular weight is 322 g/mol. The molecule has 0 atom stereocenters. The Morgan fingerprint density at radius 1 is 1.18 bits per heavy atom. The Bertz CT molecular complexity index is 548. The van der Waals surface area contributed by atoms with Gasteiger partial charge < -0.3 is 15.4 Å². The molecule has 0 heterocycles. The van der Waals surface area contributed by atoms with Gasteiger partial charge >= 0.3 is 5.97 Å². The van der Waals surface area contributed by atoms with E-state index in [0.29, 0.717) is 17.9 Å². The second kappa shape index (κ2) is 7.89. The summed E-state index contributed by atoms with van der Waals surface area (Å²) in [6.07, 6.45) is 0.785. The molecule has 5 nitrogen and oxygen atoms in total. The van der Waals surface area contributed by atoms with Crippen LogP contribution in [-0.2, 0) is 9.53 Å². The summed E-state index contributed by atoms with van der Waals surface area (Å²) in [5.74, 6) is -0.512. The number of anilines is 1. The Labute approximate surface area is 136 Å². The lowest BCUT2D eigenvalue weighted by Gasteiger charge is -2.18. The Kier molecular flexibility index (Phi) is 6.49. The molecule has 0 fully saturated rings. The lowest BCUT2D eigenvalue weighted by atomic mass is 9.96. The van der Waals surface area contributed by atoms with Crippen LogP contribution in [0, 0.1) is 5.41 Å². The molecule has 1 amide bonds. The lowest BCUT2D eigenvalue weighted by Crippen LogP contribution is -2.41. The molecule has 0 radical (unpaired) electrons. The molecule has 0 aromatic heterocycles. The molecule has 0 saturated carbocycles. The molecule has 0 aliphatic rings. The van der Waals surface area contributed by atoms with Gasteiger partial charge in [0.25, 0.3) is 0 Å². The first-order valence-electron chi connectivity index (χ1n) is 7.13. The highest BCUT2D eigenvalue weighted by Gasteiger charge is 2.21. The van der Waals surface area contributed by atoms with Crippen LogP contribution in [0.5, 0.6) is 0 Å². The van der Waals surface area contributed by atoms with Crippen molar-refractivity contribution in [1.82, 2.24) is 5.32 Å². The number of rotatable bonds is 4. The van der Waals surface area contributed by atoms with E-state index >= 15 is 0 Å². The minimum atomic E-state index is -0.515. The maximum atomic E-state index is 11.8. The van der Waals surface area contributed by atoms with Gasteiger partial charge in [0, 0.05) is 11.1 Å². The predicted molar refractivity (Wildman–Crippen MR) is 90.8 cm³/mol. The van der Waals surface area contributed by atoms with E-state index in [2.05, 4.69) is 10.6 Å². The number of benzene rings is 1. The number of thiocarbonyl (C=S) groups is 1. The van der Waals surface area contributed by atoms with Gasteiger partial charge in [0.1, 0.15) is 0 Å². The van der Waals surface area contributed by atoms with Gasteiger partial charge in [-0.1, -0.05) is 27.7 Å². The zero-order valence-corrected chi connectivity index (χ0v) is 14.2. The summed E-state index contributed by atoms with van der Waals surface area (Å²) in [6.45, 7) is 7.76. The van der Waals surface area contributed by atoms with Crippen LogP contribution in [0.2, 0.25) is 0 Å². The van der Waals surface area contributed by atoms with Crippen molar-refractivity contribution in [3.05, 3.63) is 29.8 Å². The summed E-state index contributed by atoms with van der Waals surface area (Å²) in [6, 6.07) is 6.71. The van der Waals surface area contributed by atoms with Crippen molar-refractivity contribution in [2.24, 2.45) is 5.41 Å². The molecule has 0 bridgehead atoms. The third kappa shape index (κ3) is 5.81. The molecule has 0 aliphatic heterocycles. The fourth-order valence-electron chi connectivity index (χ4n) is 1.42. The summed E-state index contributed by atoms with van der Waals surface area (Å²) in [4.78, 5) is 23.5. The van der Waals surface area contributed by atoms with E-state index in [4.69, 9.17) is 17.0 Å². The van der Waals surface area contributed by atoms with Gasteiger partial charge in [0.05, 0.1) is 12.2 Å². The molecule has 0 aliphatic carbocycles. The summed E-state index contributed by atoms with van der Waals surface area (Å²) in [5, 5.41) is 5.75. The van der Waals surface area contributed by atoms with Gasteiger partial charge in [-0.25, -0.2) is 4.79 Å². The molecular formula is C16H22N2O3S. The molecular weight excluding hydrogens is 300 g/mol. The average Bonchev–Trinajstić information content (AvgIpc) is 2.44. The van der Waals surface area contributed by atoms with Crippen molar-refractivity contribution < 1.29 is 14.3 Å². The van der Waals surface area contributed by atoms with Crippen molar-refractivity contribution in [1.29, 1.82) is 0 Å². The largest absolute Gasteiger partial charge is 0.462 e. The van der Waals surface area contributed by atoms with Gasteiger partial charge in [0.2, 0.25) is 5.91 Å². The molecule has 1 rings (SSSR count). The summed E-state index contributed by atoms with van der Waals surface area (Å²) >= 11 is 5.09. The van der Waals surface area contributed by atoms with Crippen molar-refractivity contribution in [2.75, 3.05) is 11.9 Å². The number of nitrogens with one attached hydrogen (secondary N) is 2. The summed E-state index contributed by atoms with van der Waals surface area (Å²) in [7, 11) is 0. The van der Waals surface area contributed by atoms with Gasteiger partial charge in [-0.15, -0.1) is 0 Å². The Morgan fingerprint density at radius 3 is 2.27 bits per heavy atom. The number of hydrogen-bond acceptors (Lipinski definition) is 4. The van der Waals surface area contributed by atoms with E-state index in [0.717, 1.165) is 6.42 Å². The number of esters is 1. The van der Waals surface area contributed by atoms with Crippen LogP contribution in [0.4, 0.5) is 5.69 Å². The standard InChI is InChI=1S/C16H22N2O3S/c1-5-10-21-13(19)11-6-8-12(9-7-11)17-15(22)18-14(20)16(2,3)4/h6-9H,5,10H2,1-4H3,(H2,17,18,20,22). The Balaban J connectivity index is 2.59. The van der Waals surface area contributed by atoms with E-state index in [-0.39, 0.29) is 17.0 Å². The van der Waals surface area contributed by atoms with Gasteiger partial charge in [-0.05, 0) is 42.9 Å². The molecule has 1 aromatic carbocycles. The second-order valence-corrected chi connectivity index (χ2v) is 6.28. The fourth-order valence-corrected chi connectivity index (χ4v) is 1.63. The number of amides is 1. The van der Waals surface area contributed by atoms with E-state index in [1.54, 1.807) is 24.3 Å². The highest BCUT2D eigenvalue weighted by Crippen LogP contribution is 2.13. The summed E-state index contributed by atoms with van der Waals surface area (Å²) < 4.78 is 5.05. The fraction of sp³-hybridized carbons (Fsp3) is 0.438. The molecule has 0 unspecified atom stereocenters. The van der Waals surface area contributed by atoms with Gasteiger partial charge in [-0.2, -0.15) is 0 Å². The topological polar surface area (TPSA) is 67.4 Å². The maximum Gasteiger partial charge on any atom is 0.338 e. The Hall–Kier alpha value is -1.95. The lowest BCUT2D eigenvalue weighted by molar-refractivity contribution is -0.126. The molecule has 2 N–H and O–H groups in total. The first kappa shape index (κ1) is 18.1. The number of carbonyl (C=O) groups is 2. The van der Waals surface area contributed by atoms with Crippen LogP contribution in [0.15, 0.2) is 24.3 Å². The third-order valence-electron chi connectivity index (χ3n) is 2.72. The third-order valence-corrected chi connectivity index (χ3v) is 2.93. The van der Waals surface area contributed by atoms with E-state index in [9.17, 15) is 9.59 Å². The predicted octanol–water partition coefficient (Wildman–Crippen LogP) is 3.11. The van der Waals surface area contributed by atoms with Crippen LogP contribution in [0.3, 0.4) is 0 Å². The molecule has 120 valence electrons. The van der Waals surface area contributed by atoms with Gasteiger partial charge in [-0.3, -0.25) is 4.79 Å². The van der Waals surface area contributed by atoms with Crippen molar-refractivity contribution in [3.8, 4) is 0 Å². The van der Waals surface area contributed by atoms with Crippen molar-refractivity contribution in [2.45, 2.75) is 34.1 Å². The smallest absolute Gasteiger partial charge is 0.338 e. The molecule has 22 heavy (non-hydrogen) atoms. The van der Waals surface area contributed by atoms with Crippen LogP contribution in [-0.4, -0.2) is 23.6 Å². The molecule has 6 heteroatoms. The Morgan fingerprint density at radius 2 is 1.77 bits per heavy atom. The van der Waals surface area contributed by atoms with Gasteiger partial charge in [0.15, 0.2) is 5.11 Å². The van der Waals surface area contributed by atoms with Crippen LogP contribution in [0.25, 0.3) is 0 Å². The SMILES string of the molecule is CCCOC(=O)c1ccc(NC(=S)NC(=O)C(C)(C)C)cc1. The number of carbonyl (C=O) groups excluding carboxylic acids is 2. The zero-order chi connectivity index (χ0) is 16.8. The maximum absolute atomic E-state index is 11.8. The van der Waals surface area contributed by atoms with E-state index in [1.165, 1.54) is 0 Å². The quantitative estimate of drug-likeness (QED) is 0.658. The van der Waals surface area contributed by atoms with Crippen LogP contribution < -0.4 is 10.6 Å². The van der Waals surface area contributed by atoms with Crippen molar-refractivity contribution in [3.63, 3.8) is 0 Å². The van der Waals surface area contributed by atoms with E-state index < -0.39 is 5.41 Å². The van der Waals surface area contributed by atoms with E-state index in [1.807, 2.05) is 27.7 Å². The normalized spacial score (nSPS) is 10.7. The highest BCUT2D eigenvalue weighted by atomic mass is 32.1.